The minimum absolute atomic E-state index is 0.0824. The molecule has 0 radical (unpaired) electrons. The molecule has 35 heavy (non-hydrogen) atoms. The van der Waals surface area contributed by atoms with E-state index in [9.17, 15) is 18.0 Å². The van der Waals surface area contributed by atoms with Crippen LogP contribution in [-0.2, 0) is 6.18 Å². The van der Waals surface area contributed by atoms with Gasteiger partial charge in [0.2, 0.25) is 5.76 Å². The average Bonchev–Trinajstić information content (AvgIpc) is 3.21. The van der Waals surface area contributed by atoms with Crippen molar-refractivity contribution in [1.82, 2.24) is 15.3 Å². The van der Waals surface area contributed by atoms with Gasteiger partial charge in [-0.2, -0.15) is 13.2 Å². The molecule has 0 spiro atoms. The Balaban J connectivity index is 0.000000211. The Morgan fingerprint density at radius 1 is 1.11 bits per heavy atom. The molecule has 1 aliphatic rings. The van der Waals surface area contributed by atoms with E-state index in [1.807, 2.05) is 50.2 Å². The zero-order chi connectivity index (χ0) is 25.8. The number of para-hydroxylation sites is 1. The number of furan rings is 1. The second-order valence-electron chi connectivity index (χ2n) is 9.44. The first kappa shape index (κ1) is 26.5. The first-order valence-electron chi connectivity index (χ1n) is 11.8. The van der Waals surface area contributed by atoms with Gasteiger partial charge in [-0.05, 0) is 56.7 Å². The van der Waals surface area contributed by atoms with Crippen LogP contribution in [0.15, 0.2) is 34.7 Å². The largest absolute Gasteiger partial charge is 0.456 e. The van der Waals surface area contributed by atoms with E-state index in [4.69, 9.17) is 0 Å². The van der Waals surface area contributed by atoms with Crippen LogP contribution in [0.25, 0.3) is 10.9 Å². The summed E-state index contributed by atoms with van der Waals surface area (Å²) < 4.78 is 43.0. The predicted molar refractivity (Wildman–Crippen MR) is 131 cm³/mol. The Morgan fingerprint density at radius 2 is 1.77 bits per heavy atom. The molecular weight excluding hydrogens is 457 g/mol. The number of fused-ring (bicyclic) bond motifs is 1. The molecule has 2 heterocycles. The molecule has 1 aromatic carbocycles. The molecule has 0 atom stereocenters. The van der Waals surface area contributed by atoms with Crippen LogP contribution in [0.2, 0.25) is 0 Å². The lowest BCUT2D eigenvalue weighted by molar-refractivity contribution is -0.153. The molecule has 1 fully saturated rings. The van der Waals surface area contributed by atoms with Crippen LogP contribution in [0.1, 0.15) is 60.3 Å². The van der Waals surface area contributed by atoms with E-state index < -0.39 is 23.4 Å². The number of amides is 1. The molecule has 0 bridgehead atoms. The topological polar surface area (TPSA) is 71.3 Å². The van der Waals surface area contributed by atoms with Gasteiger partial charge >= 0.3 is 6.18 Å². The Labute approximate surface area is 203 Å². The quantitative estimate of drug-likeness (QED) is 0.474. The number of rotatable bonds is 4. The minimum atomic E-state index is -4.65. The molecule has 1 aliphatic carbocycles. The van der Waals surface area contributed by atoms with Crippen molar-refractivity contribution in [1.29, 1.82) is 0 Å². The number of hydrogen-bond acceptors (Lipinski definition) is 5. The monoisotopic (exact) mass is 490 g/mol. The van der Waals surface area contributed by atoms with E-state index >= 15 is 0 Å². The summed E-state index contributed by atoms with van der Waals surface area (Å²) >= 11 is 0. The van der Waals surface area contributed by atoms with Crippen molar-refractivity contribution >= 4 is 22.6 Å². The number of nitrogens with zero attached hydrogens (tertiary/aromatic N) is 3. The van der Waals surface area contributed by atoms with Gasteiger partial charge in [0.15, 0.2) is 0 Å². The zero-order valence-corrected chi connectivity index (χ0v) is 20.9. The normalized spacial score (nSPS) is 18.1. The fourth-order valence-electron chi connectivity index (χ4n) is 4.27. The number of aryl methyl sites for hydroxylation is 2. The summed E-state index contributed by atoms with van der Waals surface area (Å²) in [5.74, 6) is 1.00. The number of halogens is 3. The van der Waals surface area contributed by atoms with Gasteiger partial charge in [0.1, 0.15) is 17.4 Å². The van der Waals surface area contributed by atoms with Crippen LogP contribution in [0, 0.1) is 25.7 Å². The average molecular weight is 491 g/mol. The molecule has 1 saturated carbocycles. The van der Waals surface area contributed by atoms with E-state index in [-0.39, 0.29) is 5.76 Å². The number of carbonyl (C=O) groups excluding carboxylic acids is 1. The van der Waals surface area contributed by atoms with Crippen LogP contribution in [0.4, 0.5) is 19.0 Å². The standard InChI is InChI=1S/C15H20F3NO2.C11H13N3/c1-9-3-5-11(6-4-9)8-19-14(20)12-7-10(2)21-13(12)15(16,17)18;1-8-12-10-7-5-4-6-9(10)11(13-8)14(2)3/h7,9,11H,3-6,8H2,1-2H3,(H,19,20);4-7H,1-3H3. The molecule has 0 aliphatic heterocycles. The fourth-order valence-corrected chi connectivity index (χ4v) is 4.27. The number of hydrogen-bond donors (Lipinski definition) is 1. The number of benzene rings is 1. The highest BCUT2D eigenvalue weighted by molar-refractivity contribution is 5.95. The number of aromatic nitrogens is 2. The summed E-state index contributed by atoms with van der Waals surface area (Å²) in [7, 11) is 3.99. The number of anilines is 1. The number of carbonyl (C=O) groups is 1. The number of alkyl halides is 3. The van der Waals surface area contributed by atoms with E-state index in [1.54, 1.807) is 0 Å². The Bertz CT molecular complexity index is 1150. The molecule has 0 unspecified atom stereocenters. The van der Waals surface area contributed by atoms with Gasteiger partial charge in [-0.25, -0.2) is 9.97 Å². The Kier molecular flexibility index (Phi) is 8.40. The first-order valence-corrected chi connectivity index (χ1v) is 11.8. The summed E-state index contributed by atoms with van der Waals surface area (Å²) in [6.45, 7) is 5.93. The molecule has 2 aromatic heterocycles. The predicted octanol–water partition coefficient (Wildman–Crippen LogP) is 6.17. The van der Waals surface area contributed by atoms with E-state index in [2.05, 4.69) is 26.6 Å². The minimum Gasteiger partial charge on any atom is -0.456 e. The van der Waals surface area contributed by atoms with Gasteiger partial charge in [-0.3, -0.25) is 4.79 Å². The second kappa shape index (κ2) is 11.1. The van der Waals surface area contributed by atoms with Gasteiger partial charge in [-0.15, -0.1) is 0 Å². The summed E-state index contributed by atoms with van der Waals surface area (Å²) in [5, 5.41) is 3.71. The fraction of sp³-hybridized carbons (Fsp3) is 0.500. The van der Waals surface area contributed by atoms with E-state index in [1.165, 1.54) is 6.92 Å². The SMILES string of the molecule is Cc1cc(C(=O)NCC2CCC(C)CC2)c(C(F)(F)F)o1.Cc1nc(N(C)C)c2ccccc2n1. The van der Waals surface area contributed by atoms with Crippen molar-refractivity contribution in [3.8, 4) is 0 Å². The smallest absolute Gasteiger partial charge is 0.450 e. The maximum Gasteiger partial charge on any atom is 0.450 e. The van der Waals surface area contributed by atoms with Crippen LogP contribution in [0.5, 0.6) is 0 Å². The highest BCUT2D eigenvalue weighted by atomic mass is 19.4. The van der Waals surface area contributed by atoms with Crippen molar-refractivity contribution < 1.29 is 22.4 Å². The third-order valence-electron chi connectivity index (χ3n) is 6.16. The molecule has 190 valence electrons. The van der Waals surface area contributed by atoms with Gasteiger partial charge in [0.05, 0.1) is 11.1 Å². The second-order valence-corrected chi connectivity index (χ2v) is 9.44. The maximum atomic E-state index is 12.8. The lowest BCUT2D eigenvalue weighted by atomic mass is 9.83. The van der Waals surface area contributed by atoms with Crippen LogP contribution < -0.4 is 10.2 Å². The molecule has 3 aromatic rings. The molecule has 0 saturated heterocycles. The third kappa shape index (κ3) is 6.96. The lowest BCUT2D eigenvalue weighted by Crippen LogP contribution is -2.31. The van der Waals surface area contributed by atoms with Gasteiger partial charge in [0.25, 0.3) is 5.91 Å². The Hall–Kier alpha value is -3.10. The lowest BCUT2D eigenvalue weighted by Gasteiger charge is -2.26. The third-order valence-corrected chi connectivity index (χ3v) is 6.16. The van der Waals surface area contributed by atoms with Gasteiger partial charge in [-0.1, -0.05) is 31.9 Å². The highest BCUT2D eigenvalue weighted by Gasteiger charge is 2.40. The van der Waals surface area contributed by atoms with Crippen molar-refractivity contribution in [2.45, 2.75) is 52.6 Å². The van der Waals surface area contributed by atoms with Crippen molar-refractivity contribution in [3.63, 3.8) is 0 Å². The summed E-state index contributed by atoms with van der Waals surface area (Å²) in [6, 6.07) is 9.20. The molecule has 9 heteroatoms. The van der Waals surface area contributed by atoms with Crippen molar-refractivity contribution in [2.75, 3.05) is 25.5 Å². The van der Waals surface area contributed by atoms with Crippen LogP contribution >= 0.6 is 0 Å². The highest BCUT2D eigenvalue weighted by Crippen LogP contribution is 2.34. The molecule has 4 rings (SSSR count). The summed E-state index contributed by atoms with van der Waals surface area (Å²) in [4.78, 5) is 22.8. The molecule has 1 N–H and O–H groups in total. The summed E-state index contributed by atoms with van der Waals surface area (Å²) in [5.41, 5.74) is 0.577. The maximum absolute atomic E-state index is 12.8. The summed E-state index contributed by atoms with van der Waals surface area (Å²) in [6.07, 6.45) is -0.407. The molecule has 6 nitrogen and oxygen atoms in total. The molecular formula is C26H33F3N4O2. The van der Waals surface area contributed by atoms with Crippen LogP contribution in [0.3, 0.4) is 0 Å². The zero-order valence-electron chi connectivity index (χ0n) is 20.9. The van der Waals surface area contributed by atoms with Gasteiger partial charge in [0, 0.05) is 26.0 Å². The van der Waals surface area contributed by atoms with Gasteiger partial charge < -0.3 is 14.6 Å². The van der Waals surface area contributed by atoms with Crippen molar-refractivity contribution in [2.24, 2.45) is 11.8 Å². The Morgan fingerprint density at radius 3 is 2.40 bits per heavy atom. The number of nitrogens with one attached hydrogen (secondary N) is 1. The van der Waals surface area contributed by atoms with E-state index in [0.717, 1.165) is 54.3 Å². The van der Waals surface area contributed by atoms with E-state index in [0.29, 0.717) is 18.4 Å². The van der Waals surface area contributed by atoms with Crippen molar-refractivity contribution in [3.05, 3.63) is 53.2 Å². The molecule has 1 amide bonds. The van der Waals surface area contributed by atoms with Crippen LogP contribution in [-0.4, -0.2) is 36.5 Å². The first-order chi connectivity index (χ1) is 16.5.